The van der Waals surface area contributed by atoms with Gasteiger partial charge in [0.15, 0.2) is 0 Å². The van der Waals surface area contributed by atoms with E-state index in [1.165, 1.54) is 12.1 Å². The number of benzene rings is 2. The molecular formula is C17H17FN2O2. The third kappa shape index (κ3) is 4.94. The lowest BCUT2D eigenvalue weighted by Crippen LogP contribution is -2.21. The van der Waals surface area contributed by atoms with E-state index in [1.807, 2.05) is 0 Å². The van der Waals surface area contributed by atoms with Crippen LogP contribution in [0.1, 0.15) is 0 Å². The molecule has 0 atom stereocenters. The first-order chi connectivity index (χ1) is 10.7. The average molecular weight is 300 g/mol. The van der Waals surface area contributed by atoms with Gasteiger partial charge in [0.05, 0.1) is 6.54 Å². The second-order valence-electron chi connectivity index (χ2n) is 4.54. The summed E-state index contributed by atoms with van der Waals surface area (Å²) in [7, 11) is 0. The van der Waals surface area contributed by atoms with Crippen LogP contribution >= 0.6 is 0 Å². The van der Waals surface area contributed by atoms with Crippen LogP contribution in [0.4, 0.5) is 15.8 Å². The minimum absolute atomic E-state index is 0.0867. The Morgan fingerprint density at radius 3 is 2.68 bits per heavy atom. The maximum absolute atomic E-state index is 12.8. The second kappa shape index (κ2) is 7.83. The van der Waals surface area contributed by atoms with Gasteiger partial charge in [0.2, 0.25) is 5.91 Å². The zero-order valence-electron chi connectivity index (χ0n) is 12.0. The maximum Gasteiger partial charge on any atom is 0.243 e. The van der Waals surface area contributed by atoms with Crippen molar-refractivity contribution < 1.29 is 13.9 Å². The van der Waals surface area contributed by atoms with Crippen molar-refractivity contribution in [2.24, 2.45) is 0 Å². The van der Waals surface area contributed by atoms with E-state index < -0.39 is 0 Å². The highest BCUT2D eigenvalue weighted by Gasteiger charge is 2.03. The van der Waals surface area contributed by atoms with E-state index in [1.54, 1.807) is 42.5 Å². The van der Waals surface area contributed by atoms with Crippen molar-refractivity contribution in [3.05, 3.63) is 67.0 Å². The normalized spacial score (nSPS) is 9.86. The van der Waals surface area contributed by atoms with Gasteiger partial charge in [0.1, 0.15) is 18.2 Å². The Bertz CT molecular complexity index is 641. The first-order valence-corrected chi connectivity index (χ1v) is 6.80. The Labute approximate surface area is 128 Å². The van der Waals surface area contributed by atoms with E-state index in [2.05, 4.69) is 17.2 Å². The van der Waals surface area contributed by atoms with E-state index in [0.717, 1.165) is 0 Å². The monoisotopic (exact) mass is 300 g/mol. The lowest BCUT2D eigenvalue weighted by Gasteiger charge is -2.09. The molecule has 114 valence electrons. The molecular weight excluding hydrogens is 283 g/mol. The molecule has 0 unspecified atom stereocenters. The fraction of sp³-hybridized carbons (Fsp3) is 0.118. The van der Waals surface area contributed by atoms with Gasteiger partial charge < -0.3 is 15.4 Å². The summed E-state index contributed by atoms with van der Waals surface area (Å²) >= 11 is 0. The number of carbonyl (C=O) groups is 1. The summed E-state index contributed by atoms with van der Waals surface area (Å²) in [5, 5.41) is 5.68. The van der Waals surface area contributed by atoms with Crippen LogP contribution in [0.25, 0.3) is 0 Å². The van der Waals surface area contributed by atoms with Gasteiger partial charge in [-0.05, 0) is 36.4 Å². The fourth-order valence-electron chi connectivity index (χ4n) is 1.77. The number of nitrogens with one attached hydrogen (secondary N) is 2. The highest BCUT2D eigenvalue weighted by Crippen LogP contribution is 2.17. The number of hydrogen-bond acceptors (Lipinski definition) is 3. The largest absolute Gasteiger partial charge is 0.489 e. The Morgan fingerprint density at radius 2 is 1.95 bits per heavy atom. The Kier molecular flexibility index (Phi) is 5.54. The predicted octanol–water partition coefficient (Wildman–Crippen LogP) is 3.44. The molecule has 0 aliphatic heterocycles. The highest BCUT2D eigenvalue weighted by atomic mass is 19.1. The van der Waals surface area contributed by atoms with Crippen LogP contribution < -0.4 is 15.4 Å². The predicted molar refractivity (Wildman–Crippen MR) is 85.7 cm³/mol. The second-order valence-corrected chi connectivity index (χ2v) is 4.54. The molecule has 0 bridgehead atoms. The van der Waals surface area contributed by atoms with E-state index in [0.29, 0.717) is 23.7 Å². The topological polar surface area (TPSA) is 50.4 Å². The molecule has 0 aliphatic rings. The number of rotatable bonds is 7. The third-order valence-corrected chi connectivity index (χ3v) is 2.78. The van der Waals surface area contributed by atoms with Gasteiger partial charge in [-0.2, -0.15) is 0 Å². The van der Waals surface area contributed by atoms with Gasteiger partial charge in [0, 0.05) is 17.4 Å². The number of anilines is 2. The van der Waals surface area contributed by atoms with Crippen LogP contribution in [-0.4, -0.2) is 19.1 Å². The summed E-state index contributed by atoms with van der Waals surface area (Å²) in [6, 6.07) is 12.9. The van der Waals surface area contributed by atoms with Gasteiger partial charge in [-0.3, -0.25) is 4.79 Å². The highest BCUT2D eigenvalue weighted by molar-refractivity contribution is 5.93. The first-order valence-electron chi connectivity index (χ1n) is 6.80. The number of carbonyl (C=O) groups excluding carboxylic acids is 1. The fourth-order valence-corrected chi connectivity index (χ4v) is 1.77. The zero-order valence-corrected chi connectivity index (χ0v) is 12.0. The Balaban J connectivity index is 1.86. The SMILES string of the molecule is C=CCOc1cccc(NC(=O)CNc2ccc(F)cc2)c1. The van der Waals surface area contributed by atoms with Crippen LogP contribution in [0.3, 0.4) is 0 Å². The smallest absolute Gasteiger partial charge is 0.243 e. The Morgan fingerprint density at radius 1 is 1.18 bits per heavy atom. The molecule has 0 saturated carbocycles. The summed E-state index contributed by atoms with van der Waals surface area (Å²) in [5.41, 5.74) is 1.33. The molecule has 0 saturated heterocycles. The Hall–Kier alpha value is -2.82. The summed E-state index contributed by atoms with van der Waals surface area (Å²) < 4.78 is 18.2. The molecule has 0 heterocycles. The third-order valence-electron chi connectivity index (χ3n) is 2.78. The standard InChI is InChI=1S/C17H17FN2O2/c1-2-10-22-16-5-3-4-15(11-16)20-17(21)12-19-14-8-6-13(18)7-9-14/h2-9,11,19H,1,10,12H2,(H,20,21). The molecule has 0 spiro atoms. The summed E-state index contributed by atoms with van der Waals surface area (Å²) in [6.45, 7) is 4.07. The molecule has 2 aromatic carbocycles. The van der Waals surface area contributed by atoms with E-state index in [4.69, 9.17) is 4.74 Å². The number of ether oxygens (including phenoxy) is 1. The molecule has 0 fully saturated rings. The van der Waals surface area contributed by atoms with Crippen molar-refractivity contribution in [1.29, 1.82) is 0 Å². The first kappa shape index (κ1) is 15.6. The number of hydrogen-bond donors (Lipinski definition) is 2. The van der Waals surface area contributed by atoms with Gasteiger partial charge in [-0.25, -0.2) is 4.39 Å². The van der Waals surface area contributed by atoms with Gasteiger partial charge in [-0.1, -0.05) is 18.7 Å². The van der Waals surface area contributed by atoms with Gasteiger partial charge >= 0.3 is 0 Å². The van der Waals surface area contributed by atoms with Gasteiger partial charge in [-0.15, -0.1) is 0 Å². The molecule has 2 aromatic rings. The van der Waals surface area contributed by atoms with Crippen LogP contribution in [-0.2, 0) is 4.79 Å². The lowest BCUT2D eigenvalue weighted by atomic mass is 10.3. The molecule has 22 heavy (non-hydrogen) atoms. The minimum atomic E-state index is -0.314. The lowest BCUT2D eigenvalue weighted by molar-refractivity contribution is -0.114. The van der Waals surface area contributed by atoms with Crippen molar-refractivity contribution >= 4 is 17.3 Å². The van der Waals surface area contributed by atoms with Crippen LogP contribution in [0.5, 0.6) is 5.75 Å². The molecule has 4 nitrogen and oxygen atoms in total. The summed E-state index contributed by atoms with van der Waals surface area (Å²) in [6.07, 6.45) is 1.65. The number of amides is 1. The van der Waals surface area contributed by atoms with Crippen LogP contribution in [0.15, 0.2) is 61.2 Å². The van der Waals surface area contributed by atoms with E-state index >= 15 is 0 Å². The zero-order chi connectivity index (χ0) is 15.8. The van der Waals surface area contributed by atoms with Crippen molar-refractivity contribution in [2.45, 2.75) is 0 Å². The molecule has 0 aromatic heterocycles. The molecule has 0 radical (unpaired) electrons. The van der Waals surface area contributed by atoms with Crippen molar-refractivity contribution in [1.82, 2.24) is 0 Å². The average Bonchev–Trinajstić information content (AvgIpc) is 2.53. The summed E-state index contributed by atoms with van der Waals surface area (Å²) in [5.74, 6) is 0.140. The van der Waals surface area contributed by atoms with Crippen LogP contribution in [0, 0.1) is 5.82 Å². The van der Waals surface area contributed by atoms with Crippen molar-refractivity contribution in [2.75, 3.05) is 23.8 Å². The number of halogens is 1. The maximum atomic E-state index is 12.8. The summed E-state index contributed by atoms with van der Waals surface area (Å²) in [4.78, 5) is 11.9. The minimum Gasteiger partial charge on any atom is -0.489 e. The molecule has 2 rings (SSSR count). The van der Waals surface area contributed by atoms with Crippen LogP contribution in [0.2, 0.25) is 0 Å². The van der Waals surface area contributed by atoms with E-state index in [9.17, 15) is 9.18 Å². The van der Waals surface area contributed by atoms with Crippen molar-refractivity contribution in [3.63, 3.8) is 0 Å². The van der Waals surface area contributed by atoms with Crippen molar-refractivity contribution in [3.8, 4) is 5.75 Å². The van der Waals surface area contributed by atoms with Gasteiger partial charge in [0.25, 0.3) is 0 Å². The molecule has 0 aliphatic carbocycles. The molecule has 1 amide bonds. The molecule has 5 heteroatoms. The molecule has 2 N–H and O–H groups in total. The quantitative estimate of drug-likeness (QED) is 0.770. The van der Waals surface area contributed by atoms with E-state index in [-0.39, 0.29) is 18.3 Å².